The van der Waals surface area contributed by atoms with Crippen molar-refractivity contribution in [1.29, 1.82) is 0 Å². The lowest BCUT2D eigenvalue weighted by atomic mass is 10.00. The molecule has 0 aliphatic heterocycles. The van der Waals surface area contributed by atoms with Crippen molar-refractivity contribution in [1.82, 2.24) is 5.32 Å². The molecule has 0 aliphatic carbocycles. The molecule has 0 radical (unpaired) electrons. The van der Waals surface area contributed by atoms with Gasteiger partial charge in [0, 0.05) is 12.1 Å². The van der Waals surface area contributed by atoms with E-state index in [0.29, 0.717) is 5.76 Å². The number of rotatable bonds is 5. The van der Waals surface area contributed by atoms with Crippen molar-refractivity contribution in [3.8, 4) is 0 Å². The molecule has 0 fully saturated rings. The van der Waals surface area contributed by atoms with Gasteiger partial charge in [-0.1, -0.05) is 23.8 Å². The number of hydrogen-bond acceptors (Lipinski definition) is 2. The van der Waals surface area contributed by atoms with E-state index in [1.165, 1.54) is 22.8 Å². The van der Waals surface area contributed by atoms with E-state index in [4.69, 9.17) is 4.42 Å². The zero-order chi connectivity index (χ0) is 15.2. The monoisotopic (exact) mass is 283 g/mol. The molecular formula is C18H21NO2. The summed E-state index contributed by atoms with van der Waals surface area (Å²) in [4.78, 5) is 11.8. The second-order valence-corrected chi connectivity index (χ2v) is 5.39. The Balaban J connectivity index is 1.89. The highest BCUT2D eigenvalue weighted by Gasteiger charge is 2.08. The molecule has 3 heteroatoms. The summed E-state index contributed by atoms with van der Waals surface area (Å²) in [6.07, 6.45) is 5.57. The number of furan rings is 1. The first-order valence-electron chi connectivity index (χ1n) is 7.13. The van der Waals surface area contributed by atoms with E-state index in [1.807, 2.05) is 13.0 Å². The van der Waals surface area contributed by atoms with E-state index in [0.717, 1.165) is 6.42 Å². The fraction of sp³-hybridized carbons (Fsp3) is 0.278. The van der Waals surface area contributed by atoms with Gasteiger partial charge in [0.15, 0.2) is 0 Å². The van der Waals surface area contributed by atoms with Crippen LogP contribution in [0.5, 0.6) is 0 Å². The minimum Gasteiger partial charge on any atom is -0.465 e. The topological polar surface area (TPSA) is 42.2 Å². The lowest BCUT2D eigenvalue weighted by molar-refractivity contribution is -0.117. The fourth-order valence-corrected chi connectivity index (χ4v) is 2.29. The molecule has 2 aromatic rings. The van der Waals surface area contributed by atoms with Gasteiger partial charge in [0.25, 0.3) is 0 Å². The summed E-state index contributed by atoms with van der Waals surface area (Å²) >= 11 is 0. The number of nitrogens with one attached hydrogen (secondary N) is 1. The van der Waals surface area contributed by atoms with Gasteiger partial charge in [-0.05, 0) is 56.5 Å². The van der Waals surface area contributed by atoms with Crippen molar-refractivity contribution in [3.05, 3.63) is 65.1 Å². The summed E-state index contributed by atoms with van der Waals surface area (Å²) < 4.78 is 5.14. The van der Waals surface area contributed by atoms with Crippen LogP contribution in [0.3, 0.4) is 0 Å². The zero-order valence-electron chi connectivity index (χ0n) is 12.7. The number of carbonyl (C=O) groups is 1. The summed E-state index contributed by atoms with van der Waals surface area (Å²) in [6, 6.07) is 10.1. The summed E-state index contributed by atoms with van der Waals surface area (Å²) in [7, 11) is 0. The quantitative estimate of drug-likeness (QED) is 0.851. The van der Waals surface area contributed by atoms with Crippen LogP contribution < -0.4 is 5.32 Å². The van der Waals surface area contributed by atoms with Crippen LogP contribution >= 0.6 is 0 Å². The summed E-state index contributed by atoms with van der Waals surface area (Å²) in [5, 5.41) is 2.97. The van der Waals surface area contributed by atoms with Crippen LogP contribution in [-0.4, -0.2) is 11.9 Å². The molecular weight excluding hydrogens is 262 g/mol. The van der Waals surface area contributed by atoms with Crippen LogP contribution in [0.25, 0.3) is 6.08 Å². The van der Waals surface area contributed by atoms with Crippen LogP contribution in [0.1, 0.15) is 29.4 Å². The highest BCUT2D eigenvalue weighted by molar-refractivity contribution is 5.91. The third-order valence-corrected chi connectivity index (χ3v) is 3.36. The minimum absolute atomic E-state index is 0.0835. The van der Waals surface area contributed by atoms with Crippen LogP contribution in [0, 0.1) is 13.8 Å². The predicted octanol–water partition coefficient (Wildman–Crippen LogP) is 3.66. The highest BCUT2D eigenvalue weighted by Crippen LogP contribution is 2.12. The van der Waals surface area contributed by atoms with E-state index in [9.17, 15) is 4.79 Å². The maximum absolute atomic E-state index is 11.8. The highest BCUT2D eigenvalue weighted by atomic mass is 16.3. The molecule has 1 amide bonds. The van der Waals surface area contributed by atoms with Crippen molar-refractivity contribution in [2.45, 2.75) is 33.2 Å². The number of benzene rings is 1. The third-order valence-electron chi connectivity index (χ3n) is 3.36. The maximum Gasteiger partial charge on any atom is 0.244 e. The molecule has 1 aromatic heterocycles. The number of amides is 1. The molecule has 2 rings (SSSR count). The maximum atomic E-state index is 11.8. The van der Waals surface area contributed by atoms with Gasteiger partial charge in [0.2, 0.25) is 5.91 Å². The fourth-order valence-electron chi connectivity index (χ4n) is 2.29. The molecule has 0 aliphatic rings. The number of aryl methyl sites for hydroxylation is 2. The molecule has 1 heterocycles. The Bertz CT molecular complexity index is 627. The van der Waals surface area contributed by atoms with E-state index in [2.05, 4.69) is 37.4 Å². The van der Waals surface area contributed by atoms with Crippen molar-refractivity contribution < 1.29 is 9.21 Å². The van der Waals surface area contributed by atoms with Gasteiger partial charge in [-0.25, -0.2) is 0 Å². The third kappa shape index (κ3) is 4.63. The Morgan fingerprint density at radius 2 is 2.14 bits per heavy atom. The smallest absolute Gasteiger partial charge is 0.244 e. The van der Waals surface area contributed by atoms with Gasteiger partial charge in [-0.15, -0.1) is 0 Å². The van der Waals surface area contributed by atoms with Crippen LogP contribution in [0.4, 0.5) is 0 Å². The van der Waals surface area contributed by atoms with Gasteiger partial charge in [-0.3, -0.25) is 4.79 Å². The lowest BCUT2D eigenvalue weighted by Crippen LogP contribution is -2.32. The molecule has 0 bridgehead atoms. The lowest BCUT2D eigenvalue weighted by Gasteiger charge is -2.14. The van der Waals surface area contributed by atoms with E-state index >= 15 is 0 Å². The van der Waals surface area contributed by atoms with Crippen LogP contribution in [-0.2, 0) is 11.2 Å². The van der Waals surface area contributed by atoms with Gasteiger partial charge in [-0.2, -0.15) is 0 Å². The number of hydrogen-bond donors (Lipinski definition) is 1. The van der Waals surface area contributed by atoms with Crippen LogP contribution in [0.2, 0.25) is 0 Å². The first kappa shape index (κ1) is 15.1. The van der Waals surface area contributed by atoms with E-state index in [-0.39, 0.29) is 11.9 Å². The Morgan fingerprint density at radius 3 is 2.81 bits per heavy atom. The Morgan fingerprint density at radius 1 is 1.33 bits per heavy atom. The van der Waals surface area contributed by atoms with Crippen molar-refractivity contribution >= 4 is 12.0 Å². The minimum atomic E-state index is -0.108. The van der Waals surface area contributed by atoms with Gasteiger partial charge < -0.3 is 9.73 Å². The average molecular weight is 283 g/mol. The standard InChI is InChI=1S/C18H21NO2/c1-13-6-7-16(14(2)11-13)12-15(3)19-18(20)9-8-17-5-4-10-21-17/h4-11,15H,12H2,1-3H3,(H,19,20)/b9-8+. The van der Waals surface area contributed by atoms with Crippen molar-refractivity contribution in [2.24, 2.45) is 0 Å². The SMILES string of the molecule is Cc1ccc(CC(C)NC(=O)/C=C/c2ccco2)c(C)c1. The Hall–Kier alpha value is -2.29. The molecule has 1 N–H and O–H groups in total. The largest absolute Gasteiger partial charge is 0.465 e. The number of carbonyl (C=O) groups excluding carboxylic acids is 1. The zero-order valence-corrected chi connectivity index (χ0v) is 12.7. The summed E-state index contributed by atoms with van der Waals surface area (Å²) in [6.45, 7) is 6.20. The molecule has 0 saturated heterocycles. The molecule has 1 aromatic carbocycles. The molecule has 110 valence electrons. The normalized spacial score (nSPS) is 12.5. The molecule has 1 unspecified atom stereocenters. The van der Waals surface area contributed by atoms with E-state index in [1.54, 1.807) is 18.4 Å². The van der Waals surface area contributed by atoms with Crippen LogP contribution in [0.15, 0.2) is 47.1 Å². The van der Waals surface area contributed by atoms with Gasteiger partial charge >= 0.3 is 0 Å². The summed E-state index contributed by atoms with van der Waals surface area (Å²) in [5.74, 6) is 0.566. The van der Waals surface area contributed by atoms with Crippen molar-refractivity contribution in [2.75, 3.05) is 0 Å². The second kappa shape index (κ2) is 6.93. The average Bonchev–Trinajstić information content (AvgIpc) is 2.93. The predicted molar refractivity (Wildman–Crippen MR) is 85.0 cm³/mol. The molecule has 21 heavy (non-hydrogen) atoms. The van der Waals surface area contributed by atoms with Gasteiger partial charge in [0.05, 0.1) is 6.26 Å². The second-order valence-electron chi connectivity index (χ2n) is 5.39. The Labute approximate surface area is 125 Å². The van der Waals surface area contributed by atoms with Crippen molar-refractivity contribution in [3.63, 3.8) is 0 Å². The summed E-state index contributed by atoms with van der Waals surface area (Å²) in [5.41, 5.74) is 3.79. The molecule has 1 atom stereocenters. The Kier molecular flexibility index (Phi) is 4.99. The first-order valence-corrected chi connectivity index (χ1v) is 7.13. The molecule has 3 nitrogen and oxygen atoms in total. The molecule has 0 saturated carbocycles. The van der Waals surface area contributed by atoms with Gasteiger partial charge in [0.1, 0.15) is 5.76 Å². The van der Waals surface area contributed by atoms with E-state index < -0.39 is 0 Å². The first-order chi connectivity index (χ1) is 10.0. The molecule has 0 spiro atoms.